The van der Waals surface area contributed by atoms with Crippen molar-refractivity contribution in [3.05, 3.63) is 59.4 Å². The lowest BCUT2D eigenvalue weighted by Crippen LogP contribution is -2.33. The molecule has 1 atom stereocenters. The maximum absolute atomic E-state index is 12.2. The molecule has 0 fully saturated rings. The summed E-state index contributed by atoms with van der Waals surface area (Å²) >= 11 is 0. The summed E-state index contributed by atoms with van der Waals surface area (Å²) in [4.78, 5) is 16.2. The Morgan fingerprint density at radius 1 is 1.35 bits per heavy atom. The lowest BCUT2D eigenvalue weighted by Gasteiger charge is -2.30. The third kappa shape index (κ3) is 2.25. The third-order valence-corrected chi connectivity index (χ3v) is 3.81. The third-order valence-electron chi connectivity index (χ3n) is 3.81. The van der Waals surface area contributed by atoms with Gasteiger partial charge in [-0.05, 0) is 23.6 Å². The molecule has 0 aliphatic heterocycles. The van der Waals surface area contributed by atoms with E-state index in [1.54, 1.807) is 25.5 Å². The van der Waals surface area contributed by atoms with E-state index in [0.29, 0.717) is 18.0 Å². The molecule has 1 aliphatic carbocycles. The molecule has 1 amide bonds. The molecule has 0 bridgehead atoms. The fourth-order valence-electron chi connectivity index (χ4n) is 2.65. The normalized spacial score (nSPS) is 15.9. The zero-order valence-corrected chi connectivity index (χ0v) is 11.4. The smallest absolute Gasteiger partial charge is 0.254 e. The highest BCUT2D eigenvalue weighted by Gasteiger charge is 2.25. The predicted octanol–water partition coefficient (Wildman–Crippen LogP) is 2.19. The molecule has 20 heavy (non-hydrogen) atoms. The van der Waals surface area contributed by atoms with E-state index in [1.165, 1.54) is 11.1 Å². The van der Waals surface area contributed by atoms with Crippen molar-refractivity contribution in [1.29, 1.82) is 0 Å². The molecule has 1 heterocycles. The lowest BCUT2D eigenvalue weighted by atomic mass is 9.77. The summed E-state index contributed by atoms with van der Waals surface area (Å²) in [6, 6.07) is 10.2. The first-order valence-corrected chi connectivity index (χ1v) is 6.77. The Morgan fingerprint density at radius 2 is 2.20 bits per heavy atom. The zero-order valence-electron chi connectivity index (χ0n) is 11.4. The Bertz CT molecular complexity index is 639. The summed E-state index contributed by atoms with van der Waals surface area (Å²) in [6.45, 7) is 0.674. The van der Waals surface area contributed by atoms with Gasteiger partial charge in [-0.15, -0.1) is 0 Å². The Hall–Kier alpha value is -2.36. The van der Waals surface area contributed by atoms with Gasteiger partial charge in [0.15, 0.2) is 0 Å². The molecular weight excluding hydrogens is 250 g/mol. The van der Waals surface area contributed by atoms with Gasteiger partial charge >= 0.3 is 0 Å². The molecule has 1 unspecified atom stereocenters. The second-order valence-electron chi connectivity index (χ2n) is 4.98. The number of carbonyl (C=O) groups excluding carboxylic acids is 1. The zero-order chi connectivity index (χ0) is 13.9. The minimum absolute atomic E-state index is 0.0770. The van der Waals surface area contributed by atoms with E-state index in [-0.39, 0.29) is 5.91 Å². The molecule has 102 valence electrons. The maximum Gasteiger partial charge on any atom is 0.254 e. The molecule has 1 aromatic carbocycles. The minimum atomic E-state index is -0.0770. The molecule has 2 N–H and O–H groups in total. The van der Waals surface area contributed by atoms with Crippen LogP contribution in [0.4, 0.5) is 5.69 Å². The molecule has 0 spiro atoms. The van der Waals surface area contributed by atoms with Crippen molar-refractivity contribution in [3.63, 3.8) is 0 Å². The van der Waals surface area contributed by atoms with Gasteiger partial charge < -0.3 is 10.6 Å². The van der Waals surface area contributed by atoms with Crippen LogP contribution in [0.25, 0.3) is 0 Å². The molecule has 1 aromatic heterocycles. The molecule has 0 radical (unpaired) electrons. The Morgan fingerprint density at radius 3 is 3.00 bits per heavy atom. The van der Waals surface area contributed by atoms with E-state index >= 15 is 0 Å². The van der Waals surface area contributed by atoms with E-state index in [4.69, 9.17) is 0 Å². The van der Waals surface area contributed by atoms with Gasteiger partial charge in [-0.1, -0.05) is 24.3 Å². The number of hydrogen-bond acceptors (Lipinski definition) is 3. The average Bonchev–Trinajstić information content (AvgIpc) is 2.48. The van der Waals surface area contributed by atoms with E-state index < -0.39 is 0 Å². The number of fused-ring (bicyclic) bond motifs is 1. The first-order chi connectivity index (χ1) is 9.79. The van der Waals surface area contributed by atoms with Crippen LogP contribution in [0.1, 0.15) is 27.4 Å². The highest BCUT2D eigenvalue weighted by Crippen LogP contribution is 2.34. The molecule has 1 aliphatic rings. The van der Waals surface area contributed by atoms with E-state index in [9.17, 15) is 4.79 Å². The van der Waals surface area contributed by atoms with E-state index in [1.807, 2.05) is 6.07 Å². The van der Waals surface area contributed by atoms with Crippen molar-refractivity contribution in [2.75, 3.05) is 18.9 Å². The molecule has 4 heteroatoms. The first-order valence-electron chi connectivity index (χ1n) is 6.77. The van der Waals surface area contributed by atoms with Crippen LogP contribution in [-0.2, 0) is 6.42 Å². The van der Waals surface area contributed by atoms with Gasteiger partial charge in [-0.25, -0.2) is 0 Å². The van der Waals surface area contributed by atoms with Crippen molar-refractivity contribution < 1.29 is 4.79 Å². The Labute approximate surface area is 118 Å². The summed E-state index contributed by atoms with van der Waals surface area (Å²) in [7, 11) is 1.80. The van der Waals surface area contributed by atoms with Crippen LogP contribution in [0.15, 0.2) is 42.7 Å². The van der Waals surface area contributed by atoms with Crippen LogP contribution in [0.3, 0.4) is 0 Å². The van der Waals surface area contributed by atoms with Crippen LogP contribution in [-0.4, -0.2) is 24.5 Å². The standard InChI is InChI=1S/C16H17N3O/c1-17-15-6-7-18-10-14(15)16(20)19-9-12-8-11-4-2-3-5-13(11)12/h2-7,10,12H,8-9H2,1H3,(H,17,18)(H,19,20). The highest BCUT2D eigenvalue weighted by atomic mass is 16.1. The quantitative estimate of drug-likeness (QED) is 0.893. The number of hydrogen-bond donors (Lipinski definition) is 2. The number of carbonyl (C=O) groups is 1. The number of nitrogens with one attached hydrogen (secondary N) is 2. The van der Waals surface area contributed by atoms with Crippen molar-refractivity contribution in [1.82, 2.24) is 10.3 Å². The van der Waals surface area contributed by atoms with Crippen LogP contribution in [0.5, 0.6) is 0 Å². The molecule has 3 rings (SSSR count). The molecule has 0 saturated heterocycles. The molecule has 0 saturated carbocycles. The van der Waals surface area contributed by atoms with Gasteiger partial charge in [0.1, 0.15) is 0 Å². The Kier molecular flexibility index (Phi) is 3.37. The highest BCUT2D eigenvalue weighted by molar-refractivity contribution is 5.99. The molecule has 2 aromatic rings. The van der Waals surface area contributed by atoms with Crippen LogP contribution in [0, 0.1) is 0 Å². The van der Waals surface area contributed by atoms with E-state index in [2.05, 4.69) is 33.8 Å². The predicted molar refractivity (Wildman–Crippen MR) is 79.0 cm³/mol. The number of aromatic nitrogens is 1. The largest absolute Gasteiger partial charge is 0.387 e. The monoisotopic (exact) mass is 267 g/mol. The fraction of sp³-hybridized carbons (Fsp3) is 0.250. The number of benzene rings is 1. The summed E-state index contributed by atoms with van der Waals surface area (Å²) < 4.78 is 0. The van der Waals surface area contributed by atoms with Gasteiger partial charge in [0.05, 0.1) is 5.56 Å². The molecule has 4 nitrogen and oxygen atoms in total. The average molecular weight is 267 g/mol. The van der Waals surface area contributed by atoms with E-state index in [0.717, 1.165) is 12.1 Å². The van der Waals surface area contributed by atoms with Crippen molar-refractivity contribution in [3.8, 4) is 0 Å². The number of amides is 1. The maximum atomic E-state index is 12.2. The van der Waals surface area contributed by atoms with Gasteiger partial charge in [-0.2, -0.15) is 0 Å². The van der Waals surface area contributed by atoms with Gasteiger partial charge in [-0.3, -0.25) is 9.78 Å². The van der Waals surface area contributed by atoms with Crippen LogP contribution in [0.2, 0.25) is 0 Å². The minimum Gasteiger partial charge on any atom is -0.387 e. The van der Waals surface area contributed by atoms with Crippen molar-refractivity contribution in [2.45, 2.75) is 12.3 Å². The topological polar surface area (TPSA) is 54.0 Å². The number of nitrogens with zero attached hydrogens (tertiary/aromatic N) is 1. The number of pyridine rings is 1. The summed E-state index contributed by atoms with van der Waals surface area (Å²) in [5.74, 6) is 0.358. The van der Waals surface area contributed by atoms with Crippen LogP contribution < -0.4 is 10.6 Å². The second kappa shape index (κ2) is 5.33. The first kappa shape index (κ1) is 12.7. The summed E-state index contributed by atoms with van der Waals surface area (Å²) in [5.41, 5.74) is 4.13. The van der Waals surface area contributed by atoms with Gasteiger partial charge in [0, 0.05) is 37.6 Å². The second-order valence-corrected chi connectivity index (χ2v) is 4.98. The van der Waals surface area contributed by atoms with Crippen molar-refractivity contribution >= 4 is 11.6 Å². The Balaban J connectivity index is 1.64. The summed E-state index contributed by atoms with van der Waals surface area (Å²) in [5, 5.41) is 6.00. The molecular formula is C16H17N3O. The van der Waals surface area contributed by atoms with Gasteiger partial charge in [0.25, 0.3) is 5.91 Å². The fourth-order valence-corrected chi connectivity index (χ4v) is 2.65. The van der Waals surface area contributed by atoms with Gasteiger partial charge in [0.2, 0.25) is 0 Å². The SMILES string of the molecule is CNc1ccncc1C(=O)NCC1Cc2ccccc21. The van der Waals surface area contributed by atoms with Crippen molar-refractivity contribution in [2.24, 2.45) is 0 Å². The number of rotatable bonds is 4. The van der Waals surface area contributed by atoms with Crippen LogP contribution >= 0.6 is 0 Å². The number of anilines is 1. The summed E-state index contributed by atoms with van der Waals surface area (Å²) in [6.07, 6.45) is 4.31. The lowest BCUT2D eigenvalue weighted by molar-refractivity contribution is 0.0950.